The Morgan fingerprint density at radius 3 is 2.65 bits per heavy atom. The highest BCUT2D eigenvalue weighted by atomic mass is 32.1. The van der Waals surface area contributed by atoms with E-state index in [9.17, 15) is 4.79 Å². The first-order chi connectivity index (χ1) is 9.63. The van der Waals surface area contributed by atoms with Gasteiger partial charge in [0.2, 0.25) is 0 Å². The minimum absolute atomic E-state index is 0.0259. The van der Waals surface area contributed by atoms with Gasteiger partial charge in [-0.3, -0.25) is 4.79 Å². The van der Waals surface area contributed by atoms with Crippen molar-refractivity contribution < 1.29 is 14.6 Å². The van der Waals surface area contributed by atoms with Crippen LogP contribution in [0.2, 0.25) is 0 Å². The van der Waals surface area contributed by atoms with Gasteiger partial charge in [0.15, 0.2) is 5.13 Å². The Kier molecular flexibility index (Phi) is 4.57. The second-order valence-electron chi connectivity index (χ2n) is 4.07. The Hall–Kier alpha value is -2.08. The van der Waals surface area contributed by atoms with E-state index in [0.717, 1.165) is 16.2 Å². The summed E-state index contributed by atoms with van der Waals surface area (Å²) in [6.45, 7) is 2.54. The van der Waals surface area contributed by atoms with Gasteiger partial charge in [-0.25, -0.2) is 4.98 Å². The zero-order valence-corrected chi connectivity index (χ0v) is 12.2. The maximum Gasteiger partial charge on any atom is 0.308 e. The second-order valence-corrected chi connectivity index (χ2v) is 5.15. The van der Waals surface area contributed by atoms with Gasteiger partial charge in [-0.15, -0.1) is 11.3 Å². The van der Waals surface area contributed by atoms with E-state index in [0.29, 0.717) is 17.4 Å². The molecule has 0 amide bonds. The predicted molar refractivity (Wildman–Crippen MR) is 79.6 cm³/mol. The molecule has 20 heavy (non-hydrogen) atoms. The third-order valence-corrected chi connectivity index (χ3v) is 3.73. The van der Waals surface area contributed by atoms with E-state index in [1.54, 1.807) is 7.05 Å². The summed E-state index contributed by atoms with van der Waals surface area (Å²) in [5.41, 5.74) is 1.60. The number of aliphatic carboxylic acids is 1. The summed E-state index contributed by atoms with van der Waals surface area (Å²) in [5, 5.41) is 12.6. The Morgan fingerprint density at radius 1 is 1.40 bits per heavy atom. The van der Waals surface area contributed by atoms with Crippen LogP contribution in [-0.2, 0) is 11.2 Å². The molecule has 1 aromatic heterocycles. The van der Waals surface area contributed by atoms with E-state index >= 15 is 0 Å². The molecule has 1 aromatic carbocycles. The van der Waals surface area contributed by atoms with Crippen molar-refractivity contribution >= 4 is 22.4 Å². The molecule has 0 bridgehead atoms. The normalized spacial score (nSPS) is 10.3. The molecule has 0 aliphatic heterocycles. The van der Waals surface area contributed by atoms with E-state index in [-0.39, 0.29) is 6.42 Å². The molecule has 5 nitrogen and oxygen atoms in total. The number of hydrogen-bond donors (Lipinski definition) is 2. The van der Waals surface area contributed by atoms with E-state index < -0.39 is 5.97 Å². The number of anilines is 1. The topological polar surface area (TPSA) is 71.5 Å². The summed E-state index contributed by atoms with van der Waals surface area (Å²) in [7, 11) is 1.77. The van der Waals surface area contributed by atoms with Crippen molar-refractivity contribution in [2.24, 2.45) is 0 Å². The highest BCUT2D eigenvalue weighted by Crippen LogP contribution is 2.32. The number of carbonyl (C=O) groups is 1. The van der Waals surface area contributed by atoms with Gasteiger partial charge in [0.25, 0.3) is 0 Å². The Balaban J connectivity index is 2.34. The monoisotopic (exact) mass is 292 g/mol. The van der Waals surface area contributed by atoms with Crippen molar-refractivity contribution in [1.82, 2.24) is 4.98 Å². The van der Waals surface area contributed by atoms with Crippen molar-refractivity contribution in [3.8, 4) is 17.0 Å². The molecule has 2 rings (SSSR count). The quantitative estimate of drug-likeness (QED) is 0.856. The number of nitrogens with one attached hydrogen (secondary N) is 1. The van der Waals surface area contributed by atoms with Crippen LogP contribution in [0.25, 0.3) is 11.3 Å². The first kappa shape index (κ1) is 14.3. The fourth-order valence-corrected chi connectivity index (χ4v) is 2.75. The summed E-state index contributed by atoms with van der Waals surface area (Å²) in [5.74, 6) is -0.0661. The molecule has 0 aliphatic carbocycles. The van der Waals surface area contributed by atoms with Gasteiger partial charge in [0, 0.05) is 17.5 Å². The number of hydrogen-bond acceptors (Lipinski definition) is 5. The molecule has 0 atom stereocenters. The second kappa shape index (κ2) is 6.38. The first-order valence-electron chi connectivity index (χ1n) is 6.26. The number of ether oxygens (including phenoxy) is 1. The molecular weight excluding hydrogens is 276 g/mol. The average molecular weight is 292 g/mol. The lowest BCUT2D eigenvalue weighted by atomic mass is 10.1. The number of carboxylic acids is 1. The number of benzene rings is 1. The summed E-state index contributed by atoms with van der Waals surface area (Å²) in [4.78, 5) is 16.1. The maximum absolute atomic E-state index is 10.9. The average Bonchev–Trinajstić information content (AvgIpc) is 2.82. The third-order valence-electron chi connectivity index (χ3n) is 2.66. The summed E-state index contributed by atoms with van der Waals surface area (Å²) >= 11 is 1.36. The van der Waals surface area contributed by atoms with Gasteiger partial charge >= 0.3 is 5.97 Å². The van der Waals surface area contributed by atoms with Crippen LogP contribution in [0.15, 0.2) is 24.3 Å². The molecule has 0 unspecified atom stereocenters. The fourth-order valence-electron chi connectivity index (χ4n) is 1.82. The van der Waals surface area contributed by atoms with Crippen molar-refractivity contribution in [2.75, 3.05) is 19.0 Å². The fraction of sp³-hybridized carbons (Fsp3) is 0.286. The lowest BCUT2D eigenvalue weighted by Gasteiger charge is -2.04. The SMILES string of the molecule is CCOc1ccc(-c2nc(NC)sc2CC(=O)O)cc1. The van der Waals surface area contributed by atoms with Crippen LogP contribution < -0.4 is 10.1 Å². The Morgan fingerprint density at radius 2 is 2.10 bits per heavy atom. The van der Waals surface area contributed by atoms with Crippen LogP contribution in [-0.4, -0.2) is 29.7 Å². The Labute approximate surface area is 121 Å². The number of thiazole rings is 1. The largest absolute Gasteiger partial charge is 0.494 e. The summed E-state index contributed by atoms with van der Waals surface area (Å²) in [6, 6.07) is 7.51. The van der Waals surface area contributed by atoms with Crippen LogP contribution in [0.3, 0.4) is 0 Å². The van der Waals surface area contributed by atoms with Crippen molar-refractivity contribution in [2.45, 2.75) is 13.3 Å². The van der Waals surface area contributed by atoms with Crippen LogP contribution >= 0.6 is 11.3 Å². The lowest BCUT2D eigenvalue weighted by molar-refractivity contribution is -0.136. The predicted octanol–water partition coefficient (Wildman–Crippen LogP) is 2.88. The van der Waals surface area contributed by atoms with Crippen LogP contribution in [0.5, 0.6) is 5.75 Å². The minimum atomic E-state index is -0.858. The molecule has 2 aromatic rings. The highest BCUT2D eigenvalue weighted by molar-refractivity contribution is 7.16. The zero-order valence-electron chi connectivity index (χ0n) is 11.3. The molecule has 2 N–H and O–H groups in total. The number of rotatable bonds is 6. The van der Waals surface area contributed by atoms with Gasteiger partial charge in [-0.05, 0) is 31.2 Å². The highest BCUT2D eigenvalue weighted by Gasteiger charge is 2.15. The van der Waals surface area contributed by atoms with Crippen LogP contribution in [0, 0.1) is 0 Å². The minimum Gasteiger partial charge on any atom is -0.494 e. The Bertz CT molecular complexity index is 593. The molecule has 0 saturated heterocycles. The molecule has 0 aliphatic rings. The maximum atomic E-state index is 10.9. The first-order valence-corrected chi connectivity index (χ1v) is 7.08. The van der Waals surface area contributed by atoms with E-state index in [4.69, 9.17) is 9.84 Å². The summed E-state index contributed by atoms with van der Waals surface area (Å²) < 4.78 is 5.39. The number of carboxylic acid groups (broad SMARTS) is 1. The molecule has 0 saturated carbocycles. The van der Waals surface area contributed by atoms with Gasteiger partial charge in [-0.1, -0.05) is 0 Å². The van der Waals surface area contributed by atoms with E-state index in [2.05, 4.69) is 10.3 Å². The van der Waals surface area contributed by atoms with Crippen molar-refractivity contribution in [3.05, 3.63) is 29.1 Å². The van der Waals surface area contributed by atoms with E-state index in [1.165, 1.54) is 11.3 Å². The van der Waals surface area contributed by atoms with Gasteiger partial charge in [-0.2, -0.15) is 0 Å². The molecule has 1 heterocycles. The van der Waals surface area contributed by atoms with Crippen LogP contribution in [0.1, 0.15) is 11.8 Å². The third kappa shape index (κ3) is 3.27. The van der Waals surface area contributed by atoms with Gasteiger partial charge in [0.05, 0.1) is 18.7 Å². The molecule has 0 spiro atoms. The molecular formula is C14H16N2O3S. The zero-order chi connectivity index (χ0) is 14.5. The number of aromatic nitrogens is 1. The van der Waals surface area contributed by atoms with Gasteiger partial charge in [0.1, 0.15) is 5.75 Å². The smallest absolute Gasteiger partial charge is 0.308 e. The van der Waals surface area contributed by atoms with Crippen molar-refractivity contribution in [3.63, 3.8) is 0 Å². The van der Waals surface area contributed by atoms with Crippen LogP contribution in [0.4, 0.5) is 5.13 Å². The molecule has 106 valence electrons. The lowest BCUT2D eigenvalue weighted by Crippen LogP contribution is -1.99. The van der Waals surface area contributed by atoms with E-state index in [1.807, 2.05) is 31.2 Å². The van der Waals surface area contributed by atoms with Gasteiger partial charge < -0.3 is 15.2 Å². The van der Waals surface area contributed by atoms with Crippen molar-refractivity contribution in [1.29, 1.82) is 0 Å². The standard InChI is InChI=1S/C14H16N2O3S/c1-3-19-10-6-4-9(5-7-10)13-11(8-12(17)18)20-14(15-2)16-13/h4-7H,3,8H2,1-2H3,(H,15,16)(H,17,18). The molecule has 0 radical (unpaired) electrons. The molecule has 6 heteroatoms. The molecule has 0 fully saturated rings. The number of nitrogens with zero attached hydrogens (tertiary/aromatic N) is 1. The summed E-state index contributed by atoms with van der Waals surface area (Å²) in [6.07, 6.45) is -0.0259.